The van der Waals surface area contributed by atoms with Crippen molar-refractivity contribution in [3.63, 3.8) is 0 Å². The molecule has 20 heavy (non-hydrogen) atoms. The van der Waals surface area contributed by atoms with Gasteiger partial charge in [0.15, 0.2) is 0 Å². The zero-order valence-electron chi connectivity index (χ0n) is 12.0. The standard InChI is InChI=1S/C16H22N2O2/c1-2-17-13-8-6-12(7-9-13)16(19)18-10-11-20-15-5-3-4-14(15)18/h6-9,14-15,17H,2-5,10-11H2,1H3. The first-order chi connectivity index (χ1) is 9.79. The summed E-state index contributed by atoms with van der Waals surface area (Å²) in [5.74, 6) is 0.147. The summed E-state index contributed by atoms with van der Waals surface area (Å²) in [7, 11) is 0. The summed E-state index contributed by atoms with van der Waals surface area (Å²) in [5, 5.41) is 3.25. The molecule has 2 aliphatic rings. The summed E-state index contributed by atoms with van der Waals surface area (Å²) < 4.78 is 5.77. The monoisotopic (exact) mass is 274 g/mol. The fraction of sp³-hybridized carbons (Fsp3) is 0.562. The van der Waals surface area contributed by atoms with Crippen LogP contribution in [0.4, 0.5) is 5.69 Å². The molecule has 1 saturated carbocycles. The molecular weight excluding hydrogens is 252 g/mol. The number of rotatable bonds is 3. The molecule has 1 aliphatic carbocycles. The maximum absolute atomic E-state index is 12.7. The Morgan fingerprint density at radius 1 is 1.35 bits per heavy atom. The van der Waals surface area contributed by atoms with Crippen LogP contribution >= 0.6 is 0 Å². The first-order valence-corrected chi connectivity index (χ1v) is 7.56. The van der Waals surface area contributed by atoms with Crippen molar-refractivity contribution in [3.8, 4) is 0 Å². The predicted molar refractivity (Wildman–Crippen MR) is 79.0 cm³/mol. The van der Waals surface area contributed by atoms with Crippen LogP contribution in [-0.2, 0) is 4.74 Å². The van der Waals surface area contributed by atoms with Crippen molar-refractivity contribution in [3.05, 3.63) is 29.8 Å². The van der Waals surface area contributed by atoms with Crippen LogP contribution in [0.2, 0.25) is 0 Å². The van der Waals surface area contributed by atoms with Gasteiger partial charge in [0, 0.05) is 24.3 Å². The second-order valence-electron chi connectivity index (χ2n) is 5.51. The normalized spacial score (nSPS) is 25.4. The lowest BCUT2D eigenvalue weighted by molar-refractivity contribution is -0.0445. The third kappa shape index (κ3) is 2.52. The number of morpholine rings is 1. The Morgan fingerprint density at radius 3 is 2.90 bits per heavy atom. The van der Waals surface area contributed by atoms with Crippen molar-refractivity contribution in [2.45, 2.75) is 38.3 Å². The Morgan fingerprint density at radius 2 is 2.15 bits per heavy atom. The van der Waals surface area contributed by atoms with Gasteiger partial charge in [0.05, 0.1) is 18.8 Å². The van der Waals surface area contributed by atoms with Gasteiger partial charge in [0.25, 0.3) is 5.91 Å². The van der Waals surface area contributed by atoms with Crippen molar-refractivity contribution in [1.82, 2.24) is 4.90 Å². The number of nitrogens with one attached hydrogen (secondary N) is 1. The van der Waals surface area contributed by atoms with Crippen LogP contribution in [0.5, 0.6) is 0 Å². The summed E-state index contributed by atoms with van der Waals surface area (Å²) in [6.07, 6.45) is 3.59. The highest BCUT2D eigenvalue weighted by Crippen LogP contribution is 2.30. The molecule has 1 aliphatic heterocycles. The quantitative estimate of drug-likeness (QED) is 0.921. The molecule has 0 spiro atoms. The van der Waals surface area contributed by atoms with Gasteiger partial charge in [0.1, 0.15) is 0 Å². The molecule has 0 radical (unpaired) electrons. The Bertz CT molecular complexity index is 472. The average Bonchev–Trinajstić information content (AvgIpc) is 2.96. The highest BCUT2D eigenvalue weighted by Gasteiger charge is 2.38. The number of hydrogen-bond acceptors (Lipinski definition) is 3. The molecule has 4 heteroatoms. The Hall–Kier alpha value is -1.55. The Balaban J connectivity index is 1.74. The van der Waals surface area contributed by atoms with E-state index >= 15 is 0 Å². The van der Waals surface area contributed by atoms with E-state index in [9.17, 15) is 4.79 Å². The lowest BCUT2D eigenvalue weighted by Crippen LogP contribution is -2.51. The summed E-state index contributed by atoms with van der Waals surface area (Å²) in [4.78, 5) is 14.7. The molecule has 1 heterocycles. The third-order valence-electron chi connectivity index (χ3n) is 4.26. The van der Waals surface area contributed by atoms with E-state index in [0.717, 1.165) is 37.2 Å². The van der Waals surface area contributed by atoms with Crippen molar-refractivity contribution in [1.29, 1.82) is 0 Å². The number of carbonyl (C=O) groups is 1. The van der Waals surface area contributed by atoms with Gasteiger partial charge in [-0.15, -0.1) is 0 Å². The number of carbonyl (C=O) groups excluding carboxylic acids is 1. The molecule has 1 aromatic rings. The van der Waals surface area contributed by atoms with E-state index in [2.05, 4.69) is 12.2 Å². The van der Waals surface area contributed by atoms with Gasteiger partial charge in [-0.25, -0.2) is 0 Å². The number of ether oxygens (including phenoxy) is 1. The fourth-order valence-corrected chi connectivity index (χ4v) is 3.28. The lowest BCUT2D eigenvalue weighted by atomic mass is 10.1. The minimum absolute atomic E-state index is 0.147. The first kappa shape index (κ1) is 13.4. The molecule has 1 saturated heterocycles. The van der Waals surface area contributed by atoms with Crippen molar-refractivity contribution < 1.29 is 9.53 Å². The SMILES string of the molecule is CCNc1ccc(C(=O)N2CCOC3CCCC32)cc1. The zero-order chi connectivity index (χ0) is 13.9. The van der Waals surface area contributed by atoms with Gasteiger partial charge < -0.3 is 15.0 Å². The Kier molecular flexibility index (Phi) is 3.92. The average molecular weight is 274 g/mol. The topological polar surface area (TPSA) is 41.6 Å². The zero-order valence-corrected chi connectivity index (χ0v) is 12.0. The van der Waals surface area contributed by atoms with E-state index in [1.165, 1.54) is 6.42 Å². The molecule has 108 valence electrons. The van der Waals surface area contributed by atoms with Gasteiger partial charge in [-0.1, -0.05) is 0 Å². The molecule has 1 amide bonds. The van der Waals surface area contributed by atoms with Gasteiger partial charge in [-0.3, -0.25) is 4.79 Å². The van der Waals surface area contributed by atoms with Gasteiger partial charge in [-0.2, -0.15) is 0 Å². The van der Waals surface area contributed by atoms with E-state index in [4.69, 9.17) is 4.74 Å². The molecule has 2 unspecified atom stereocenters. The molecule has 0 aromatic heterocycles. The molecule has 3 rings (SSSR count). The molecular formula is C16H22N2O2. The molecule has 0 bridgehead atoms. The van der Waals surface area contributed by atoms with Crippen LogP contribution in [0.25, 0.3) is 0 Å². The second-order valence-corrected chi connectivity index (χ2v) is 5.51. The summed E-state index contributed by atoms with van der Waals surface area (Å²) in [5.41, 5.74) is 1.84. The summed E-state index contributed by atoms with van der Waals surface area (Å²) >= 11 is 0. The van der Waals surface area contributed by atoms with Gasteiger partial charge >= 0.3 is 0 Å². The third-order valence-corrected chi connectivity index (χ3v) is 4.26. The number of amides is 1. The smallest absolute Gasteiger partial charge is 0.254 e. The maximum atomic E-state index is 12.7. The Labute approximate surface area is 120 Å². The van der Waals surface area contributed by atoms with E-state index in [1.54, 1.807) is 0 Å². The molecule has 2 fully saturated rings. The molecule has 4 nitrogen and oxygen atoms in total. The van der Waals surface area contributed by atoms with E-state index in [0.29, 0.717) is 6.61 Å². The first-order valence-electron chi connectivity index (χ1n) is 7.56. The van der Waals surface area contributed by atoms with Crippen molar-refractivity contribution >= 4 is 11.6 Å². The summed E-state index contributed by atoms with van der Waals surface area (Å²) in [6.45, 7) is 4.34. The van der Waals surface area contributed by atoms with Gasteiger partial charge in [0.2, 0.25) is 0 Å². The van der Waals surface area contributed by atoms with Crippen LogP contribution in [0.1, 0.15) is 36.5 Å². The lowest BCUT2D eigenvalue weighted by Gasteiger charge is -2.37. The van der Waals surface area contributed by atoms with Crippen LogP contribution < -0.4 is 5.32 Å². The van der Waals surface area contributed by atoms with Crippen molar-refractivity contribution in [2.24, 2.45) is 0 Å². The van der Waals surface area contributed by atoms with Crippen LogP contribution in [0.15, 0.2) is 24.3 Å². The van der Waals surface area contributed by atoms with E-state index in [1.807, 2.05) is 29.2 Å². The minimum atomic E-state index is 0.147. The number of benzene rings is 1. The number of fused-ring (bicyclic) bond motifs is 1. The van der Waals surface area contributed by atoms with Crippen LogP contribution in [0.3, 0.4) is 0 Å². The van der Waals surface area contributed by atoms with Crippen LogP contribution in [-0.4, -0.2) is 42.6 Å². The maximum Gasteiger partial charge on any atom is 0.254 e. The highest BCUT2D eigenvalue weighted by atomic mass is 16.5. The van der Waals surface area contributed by atoms with Crippen LogP contribution in [0, 0.1) is 0 Å². The fourth-order valence-electron chi connectivity index (χ4n) is 3.28. The number of nitrogens with zero attached hydrogens (tertiary/aromatic N) is 1. The number of anilines is 1. The number of hydrogen-bond donors (Lipinski definition) is 1. The minimum Gasteiger partial charge on any atom is -0.385 e. The largest absolute Gasteiger partial charge is 0.385 e. The predicted octanol–water partition coefficient (Wildman–Crippen LogP) is 2.51. The van der Waals surface area contributed by atoms with Gasteiger partial charge in [-0.05, 0) is 50.5 Å². The molecule has 2 atom stereocenters. The summed E-state index contributed by atoms with van der Waals surface area (Å²) in [6, 6.07) is 8.07. The highest BCUT2D eigenvalue weighted by molar-refractivity contribution is 5.95. The van der Waals surface area contributed by atoms with E-state index in [-0.39, 0.29) is 18.1 Å². The molecule has 1 aromatic carbocycles. The second kappa shape index (κ2) is 5.83. The molecule has 1 N–H and O–H groups in total. The van der Waals surface area contributed by atoms with Crippen molar-refractivity contribution in [2.75, 3.05) is 25.0 Å². The van der Waals surface area contributed by atoms with E-state index < -0.39 is 0 Å².